The first kappa shape index (κ1) is 15.2. The zero-order valence-electron chi connectivity index (χ0n) is 11.1. The lowest BCUT2D eigenvalue weighted by Gasteiger charge is -2.14. The van der Waals surface area contributed by atoms with Crippen molar-refractivity contribution in [3.63, 3.8) is 0 Å². The van der Waals surface area contributed by atoms with E-state index in [9.17, 15) is 4.79 Å². The van der Waals surface area contributed by atoms with Crippen LogP contribution in [0.25, 0.3) is 0 Å². The lowest BCUT2D eigenvalue weighted by atomic mass is 9.92. The van der Waals surface area contributed by atoms with E-state index in [2.05, 4.69) is 19.2 Å². The number of hydrogen-bond donors (Lipinski definition) is 2. The first-order valence-electron chi connectivity index (χ1n) is 6.26. The fourth-order valence-electron chi connectivity index (χ4n) is 1.97. The van der Waals surface area contributed by atoms with Crippen LogP contribution >= 0.6 is 0 Å². The number of allylic oxidation sites excluding steroid dienone is 1. The average Bonchev–Trinajstić information content (AvgIpc) is 2.21. The van der Waals surface area contributed by atoms with E-state index in [4.69, 9.17) is 5.73 Å². The van der Waals surface area contributed by atoms with Crippen molar-refractivity contribution in [3.05, 3.63) is 11.1 Å². The molecule has 3 N–H and O–H groups in total. The highest BCUT2D eigenvalue weighted by Gasteiger charge is 2.14. The molecule has 0 heterocycles. The first-order chi connectivity index (χ1) is 7.54. The molecule has 0 unspecified atom stereocenters. The molecule has 0 saturated heterocycles. The molecule has 0 bridgehead atoms. The largest absolute Gasteiger partial charge is 0.366 e. The van der Waals surface area contributed by atoms with Crippen LogP contribution in [0.1, 0.15) is 47.0 Å². The summed E-state index contributed by atoms with van der Waals surface area (Å²) >= 11 is 0. The van der Waals surface area contributed by atoms with E-state index in [-0.39, 0.29) is 11.8 Å². The van der Waals surface area contributed by atoms with Gasteiger partial charge in [0.05, 0.1) is 0 Å². The molecule has 94 valence electrons. The SMILES string of the molecule is CCNCCCC(CC)=C(C(N)=O)C(C)C. The van der Waals surface area contributed by atoms with Crippen LogP contribution in [0.3, 0.4) is 0 Å². The summed E-state index contributed by atoms with van der Waals surface area (Å²) in [6.07, 6.45) is 2.96. The van der Waals surface area contributed by atoms with E-state index in [1.807, 2.05) is 13.8 Å². The maximum absolute atomic E-state index is 11.4. The number of nitrogens with one attached hydrogen (secondary N) is 1. The zero-order valence-corrected chi connectivity index (χ0v) is 11.1. The molecule has 3 heteroatoms. The van der Waals surface area contributed by atoms with Gasteiger partial charge in [-0.25, -0.2) is 0 Å². The summed E-state index contributed by atoms with van der Waals surface area (Å²) in [5, 5.41) is 3.29. The number of rotatable bonds is 8. The fourth-order valence-corrected chi connectivity index (χ4v) is 1.97. The molecular formula is C13H26N2O. The van der Waals surface area contributed by atoms with E-state index in [0.29, 0.717) is 0 Å². The molecule has 0 aromatic heterocycles. The number of carbonyl (C=O) groups excluding carboxylic acids is 1. The fraction of sp³-hybridized carbons (Fsp3) is 0.769. The number of primary amides is 1. The highest BCUT2D eigenvalue weighted by molar-refractivity contribution is 5.93. The van der Waals surface area contributed by atoms with Crippen molar-refractivity contribution in [2.24, 2.45) is 11.7 Å². The third kappa shape index (κ3) is 5.31. The second kappa shape index (κ2) is 8.34. The van der Waals surface area contributed by atoms with Gasteiger partial charge in [0.15, 0.2) is 0 Å². The van der Waals surface area contributed by atoms with Gasteiger partial charge in [-0.05, 0) is 38.3 Å². The lowest BCUT2D eigenvalue weighted by molar-refractivity contribution is -0.115. The minimum absolute atomic E-state index is 0.228. The molecule has 0 aliphatic heterocycles. The Hall–Kier alpha value is -0.830. The van der Waals surface area contributed by atoms with E-state index < -0.39 is 0 Å². The van der Waals surface area contributed by atoms with Gasteiger partial charge < -0.3 is 11.1 Å². The Labute approximate surface area is 99.5 Å². The minimum Gasteiger partial charge on any atom is -0.366 e. The molecule has 0 aliphatic rings. The molecule has 1 amide bonds. The summed E-state index contributed by atoms with van der Waals surface area (Å²) in [4.78, 5) is 11.4. The first-order valence-corrected chi connectivity index (χ1v) is 6.26. The standard InChI is InChI=1S/C13H26N2O/c1-5-11(8-7-9-15-6-2)12(10(3)4)13(14)16/h10,15H,5-9H2,1-4H3,(H2,14,16). The van der Waals surface area contributed by atoms with Crippen molar-refractivity contribution >= 4 is 5.91 Å². The Morgan fingerprint density at radius 1 is 1.31 bits per heavy atom. The van der Waals surface area contributed by atoms with Crippen LogP contribution in [0.4, 0.5) is 0 Å². The van der Waals surface area contributed by atoms with Crippen molar-refractivity contribution < 1.29 is 4.79 Å². The normalized spacial score (nSPS) is 12.8. The van der Waals surface area contributed by atoms with Crippen molar-refractivity contribution in [1.29, 1.82) is 0 Å². The summed E-state index contributed by atoms with van der Waals surface area (Å²) in [5.74, 6) is -0.0260. The van der Waals surface area contributed by atoms with E-state index in [1.165, 1.54) is 5.57 Å². The van der Waals surface area contributed by atoms with Crippen LogP contribution in [0.15, 0.2) is 11.1 Å². The van der Waals surface area contributed by atoms with E-state index in [1.54, 1.807) is 0 Å². The van der Waals surface area contributed by atoms with Crippen LogP contribution < -0.4 is 11.1 Å². The lowest BCUT2D eigenvalue weighted by Crippen LogP contribution is -2.20. The van der Waals surface area contributed by atoms with Crippen molar-refractivity contribution in [2.45, 2.75) is 47.0 Å². The summed E-state index contributed by atoms with van der Waals surface area (Å²) in [5.41, 5.74) is 7.49. The molecule has 0 aliphatic carbocycles. The quantitative estimate of drug-likeness (QED) is 0.492. The number of nitrogens with two attached hydrogens (primary N) is 1. The van der Waals surface area contributed by atoms with Crippen molar-refractivity contribution in [1.82, 2.24) is 5.32 Å². The second-order valence-electron chi connectivity index (χ2n) is 4.35. The molecular weight excluding hydrogens is 200 g/mol. The van der Waals surface area contributed by atoms with Gasteiger partial charge in [-0.15, -0.1) is 0 Å². The maximum Gasteiger partial charge on any atom is 0.244 e. The van der Waals surface area contributed by atoms with Gasteiger partial charge in [0.25, 0.3) is 0 Å². The Bertz CT molecular complexity index is 244. The Kier molecular flexibility index (Phi) is 7.90. The maximum atomic E-state index is 11.4. The molecule has 0 fully saturated rings. The molecule has 0 saturated carbocycles. The van der Waals surface area contributed by atoms with Gasteiger partial charge in [0.1, 0.15) is 0 Å². The van der Waals surface area contributed by atoms with Crippen molar-refractivity contribution in [2.75, 3.05) is 13.1 Å². The molecule has 0 rings (SSSR count). The molecule has 0 aromatic rings. The van der Waals surface area contributed by atoms with Gasteiger partial charge >= 0.3 is 0 Å². The third-order valence-corrected chi connectivity index (χ3v) is 2.73. The molecule has 3 nitrogen and oxygen atoms in total. The van der Waals surface area contributed by atoms with E-state index in [0.717, 1.165) is 37.9 Å². The molecule has 16 heavy (non-hydrogen) atoms. The minimum atomic E-state index is -0.254. The van der Waals surface area contributed by atoms with Crippen LogP contribution in [-0.4, -0.2) is 19.0 Å². The van der Waals surface area contributed by atoms with Gasteiger partial charge in [0.2, 0.25) is 5.91 Å². The number of hydrogen-bond acceptors (Lipinski definition) is 2. The van der Waals surface area contributed by atoms with Gasteiger partial charge in [-0.1, -0.05) is 33.3 Å². The summed E-state index contributed by atoms with van der Waals surface area (Å²) in [6.45, 7) is 10.2. The Morgan fingerprint density at radius 3 is 2.31 bits per heavy atom. The highest BCUT2D eigenvalue weighted by atomic mass is 16.1. The molecule has 0 spiro atoms. The number of amides is 1. The predicted octanol–water partition coefficient (Wildman–Crippen LogP) is 2.22. The average molecular weight is 226 g/mol. The zero-order chi connectivity index (χ0) is 12.6. The smallest absolute Gasteiger partial charge is 0.244 e. The predicted molar refractivity (Wildman–Crippen MR) is 69.1 cm³/mol. The Morgan fingerprint density at radius 2 is 1.94 bits per heavy atom. The topological polar surface area (TPSA) is 55.1 Å². The van der Waals surface area contributed by atoms with Gasteiger partial charge in [-0.3, -0.25) is 4.79 Å². The van der Waals surface area contributed by atoms with Crippen LogP contribution in [0.5, 0.6) is 0 Å². The Balaban J connectivity index is 4.51. The summed E-state index contributed by atoms with van der Waals surface area (Å²) in [6, 6.07) is 0. The number of carbonyl (C=O) groups is 1. The van der Waals surface area contributed by atoms with Gasteiger partial charge in [0, 0.05) is 5.57 Å². The summed E-state index contributed by atoms with van der Waals surface area (Å²) < 4.78 is 0. The second-order valence-corrected chi connectivity index (χ2v) is 4.35. The summed E-state index contributed by atoms with van der Waals surface area (Å²) in [7, 11) is 0. The van der Waals surface area contributed by atoms with Crippen LogP contribution in [0, 0.1) is 5.92 Å². The van der Waals surface area contributed by atoms with E-state index >= 15 is 0 Å². The molecule has 0 radical (unpaired) electrons. The third-order valence-electron chi connectivity index (χ3n) is 2.73. The van der Waals surface area contributed by atoms with Crippen LogP contribution in [-0.2, 0) is 4.79 Å². The molecule has 0 aromatic carbocycles. The molecule has 0 atom stereocenters. The van der Waals surface area contributed by atoms with Gasteiger partial charge in [-0.2, -0.15) is 0 Å². The van der Waals surface area contributed by atoms with Crippen LogP contribution in [0.2, 0.25) is 0 Å². The van der Waals surface area contributed by atoms with Crippen molar-refractivity contribution in [3.8, 4) is 0 Å². The highest BCUT2D eigenvalue weighted by Crippen LogP contribution is 2.21. The monoisotopic (exact) mass is 226 g/mol.